The molecular weight excluding hydrogens is 613 g/mol. The number of sulfonamides is 1. The van der Waals surface area contributed by atoms with E-state index < -0.39 is 28.0 Å². The van der Waals surface area contributed by atoms with E-state index in [0.717, 1.165) is 38.1 Å². The summed E-state index contributed by atoms with van der Waals surface area (Å²) in [4.78, 5) is 24.4. The number of hydrogen-bond acceptors (Lipinski definition) is 7. The first-order chi connectivity index (χ1) is 20.0. The number of nitrogens with one attached hydrogen (secondary N) is 4. The van der Waals surface area contributed by atoms with Crippen molar-refractivity contribution >= 4 is 39.9 Å². The molecule has 1 fully saturated rings. The Kier molecular flexibility index (Phi) is 11.6. The summed E-state index contributed by atoms with van der Waals surface area (Å²) in [6, 6.07) is 15.9. The first-order valence-corrected chi connectivity index (χ1v) is 14.5. The van der Waals surface area contributed by atoms with Crippen molar-refractivity contribution in [3.8, 4) is 17.2 Å². The number of piperidine rings is 1. The molecule has 232 valence electrons. The number of anilines is 1. The zero-order valence-corrected chi connectivity index (χ0v) is 24.3. The van der Waals surface area contributed by atoms with Crippen LogP contribution in [0, 0.1) is 5.92 Å². The average molecular weight is 643 g/mol. The Balaban J connectivity index is 0.00000506. The monoisotopic (exact) mass is 642 g/mol. The molecule has 0 saturated carbocycles. The fourth-order valence-corrected chi connectivity index (χ4v) is 5.20. The average Bonchev–Trinajstić information content (AvgIpc) is 2.96. The maximum atomic E-state index is 13.0. The Hall–Kier alpha value is -4.01. The molecule has 0 aromatic heterocycles. The highest BCUT2D eigenvalue weighted by Crippen LogP contribution is 2.32. The smallest absolute Gasteiger partial charge is 0.455 e. The third-order valence-corrected chi connectivity index (χ3v) is 7.68. The topological polar surface area (TPSA) is 135 Å². The van der Waals surface area contributed by atoms with Crippen LogP contribution in [0.25, 0.3) is 0 Å². The van der Waals surface area contributed by atoms with Crippen LogP contribution < -0.4 is 30.1 Å². The molecule has 0 unspecified atom stereocenters. The van der Waals surface area contributed by atoms with Crippen molar-refractivity contribution in [1.82, 2.24) is 16.0 Å². The van der Waals surface area contributed by atoms with Crippen molar-refractivity contribution in [3.05, 3.63) is 78.4 Å². The number of para-hydroxylation sites is 2. The predicted molar refractivity (Wildman–Crippen MR) is 155 cm³/mol. The third kappa shape index (κ3) is 10.3. The largest absolute Gasteiger partial charge is 0.573 e. The van der Waals surface area contributed by atoms with E-state index in [2.05, 4.69) is 25.4 Å². The maximum Gasteiger partial charge on any atom is 0.573 e. The Morgan fingerprint density at radius 2 is 1.51 bits per heavy atom. The molecule has 1 heterocycles. The van der Waals surface area contributed by atoms with E-state index in [-0.39, 0.29) is 52.5 Å². The van der Waals surface area contributed by atoms with Gasteiger partial charge in [0.25, 0.3) is 15.9 Å². The summed E-state index contributed by atoms with van der Waals surface area (Å²) in [6.07, 6.45) is -2.88. The van der Waals surface area contributed by atoms with Gasteiger partial charge in [-0.1, -0.05) is 12.1 Å². The number of carbonyl (C=O) groups excluding carboxylic acids is 2. The third-order valence-electron chi connectivity index (χ3n) is 6.30. The van der Waals surface area contributed by atoms with E-state index in [1.807, 2.05) is 0 Å². The van der Waals surface area contributed by atoms with Crippen LogP contribution in [0.2, 0.25) is 0 Å². The van der Waals surface area contributed by atoms with E-state index in [9.17, 15) is 31.2 Å². The summed E-state index contributed by atoms with van der Waals surface area (Å²) < 4.78 is 75.2. The van der Waals surface area contributed by atoms with E-state index >= 15 is 0 Å². The van der Waals surface area contributed by atoms with Crippen LogP contribution in [0.3, 0.4) is 0 Å². The van der Waals surface area contributed by atoms with Crippen molar-refractivity contribution < 1.29 is 40.7 Å². The van der Waals surface area contributed by atoms with Gasteiger partial charge in [0.2, 0.25) is 5.91 Å². The van der Waals surface area contributed by atoms with Crippen molar-refractivity contribution in [3.63, 3.8) is 0 Å². The lowest BCUT2D eigenvalue weighted by Crippen LogP contribution is -2.40. The number of rotatable bonds is 11. The number of carbonyl (C=O) groups is 2. The molecule has 2 amide bonds. The van der Waals surface area contributed by atoms with Gasteiger partial charge in [0.05, 0.1) is 17.1 Å². The van der Waals surface area contributed by atoms with Gasteiger partial charge in [0.1, 0.15) is 11.5 Å². The molecule has 3 aromatic carbocycles. The normalized spacial score (nSPS) is 13.7. The summed E-state index contributed by atoms with van der Waals surface area (Å²) in [5.41, 5.74) is 0.243. The zero-order valence-electron chi connectivity index (χ0n) is 22.6. The molecule has 1 aliphatic rings. The summed E-state index contributed by atoms with van der Waals surface area (Å²) >= 11 is 0. The molecule has 0 atom stereocenters. The lowest BCUT2D eigenvalue weighted by atomic mass is 9.98. The molecule has 0 aliphatic carbocycles. The van der Waals surface area contributed by atoms with Crippen molar-refractivity contribution in [2.75, 3.05) is 30.9 Å². The van der Waals surface area contributed by atoms with Crippen molar-refractivity contribution in [2.24, 2.45) is 5.92 Å². The number of ether oxygens (including phenoxy) is 2. The molecule has 15 heteroatoms. The molecule has 3 aromatic rings. The summed E-state index contributed by atoms with van der Waals surface area (Å²) in [6.45, 7) is 2.17. The second-order valence-electron chi connectivity index (χ2n) is 9.43. The molecule has 0 radical (unpaired) electrons. The number of hydrogen-bond donors (Lipinski definition) is 4. The van der Waals surface area contributed by atoms with Crippen molar-refractivity contribution in [1.29, 1.82) is 0 Å². The van der Waals surface area contributed by atoms with Crippen LogP contribution in [0.15, 0.2) is 77.7 Å². The molecule has 0 spiro atoms. The standard InChI is InChI=1S/C28H29F3N4O6S.ClH/c29-28(30,31)41-22-9-7-21(8-10-22)40-25-4-2-1-3-24(25)35-42(38,39)23-11-5-20(6-12-23)27(37)34-18-26(36)33-17-19-13-15-32-16-14-19;/h1-12,19,32,35H,13-18H2,(H,33,36)(H,34,37);1H. The van der Waals surface area contributed by atoms with Crippen molar-refractivity contribution in [2.45, 2.75) is 24.1 Å². The number of halogens is 4. The number of amides is 2. The molecule has 4 N–H and O–H groups in total. The predicted octanol–water partition coefficient (Wildman–Crippen LogP) is 4.45. The highest BCUT2D eigenvalue weighted by atomic mass is 35.5. The van der Waals surface area contributed by atoms with Gasteiger partial charge >= 0.3 is 6.36 Å². The van der Waals surface area contributed by atoms with Gasteiger partial charge in [-0.05, 0) is 92.5 Å². The zero-order chi connectivity index (χ0) is 30.2. The molecular formula is C28H30ClF3N4O6S. The molecule has 1 saturated heterocycles. The first kappa shape index (κ1) is 33.5. The Labute approximate surface area is 252 Å². The second-order valence-corrected chi connectivity index (χ2v) is 11.1. The Bertz CT molecular complexity index is 1480. The van der Waals surface area contributed by atoms with E-state index in [4.69, 9.17) is 4.74 Å². The van der Waals surface area contributed by atoms with Crippen LogP contribution in [-0.4, -0.2) is 52.8 Å². The van der Waals surface area contributed by atoms with Gasteiger partial charge in [0, 0.05) is 12.1 Å². The van der Waals surface area contributed by atoms with E-state index in [1.54, 1.807) is 12.1 Å². The Morgan fingerprint density at radius 1 is 0.884 bits per heavy atom. The van der Waals surface area contributed by atoms with Gasteiger partial charge in [-0.2, -0.15) is 0 Å². The quantitative estimate of drug-likeness (QED) is 0.243. The van der Waals surface area contributed by atoms with Gasteiger partial charge in [0.15, 0.2) is 5.75 Å². The van der Waals surface area contributed by atoms with Gasteiger partial charge in [-0.25, -0.2) is 8.42 Å². The summed E-state index contributed by atoms with van der Waals surface area (Å²) in [5.74, 6) is -0.629. The highest BCUT2D eigenvalue weighted by molar-refractivity contribution is 7.92. The number of benzene rings is 3. The van der Waals surface area contributed by atoms with E-state index in [0.29, 0.717) is 12.5 Å². The molecule has 0 bridgehead atoms. The van der Waals surface area contributed by atoms with Crippen LogP contribution in [0.5, 0.6) is 17.2 Å². The van der Waals surface area contributed by atoms with Crippen LogP contribution in [0.1, 0.15) is 23.2 Å². The number of alkyl halides is 3. The molecule has 1 aliphatic heterocycles. The fraction of sp³-hybridized carbons (Fsp3) is 0.286. The minimum Gasteiger partial charge on any atom is -0.455 e. The lowest BCUT2D eigenvalue weighted by molar-refractivity contribution is -0.274. The van der Waals surface area contributed by atoms with E-state index in [1.165, 1.54) is 48.5 Å². The molecule has 43 heavy (non-hydrogen) atoms. The SMILES string of the molecule is Cl.O=C(CNC(=O)c1ccc(S(=O)(=O)Nc2ccccc2Oc2ccc(OC(F)(F)F)cc2)cc1)NCC1CCNCC1. The lowest BCUT2D eigenvalue weighted by Gasteiger charge is -2.22. The van der Waals surface area contributed by atoms with Gasteiger partial charge in [-0.3, -0.25) is 14.3 Å². The minimum absolute atomic E-state index is 0. The molecule has 4 rings (SSSR count). The second kappa shape index (κ2) is 14.9. The maximum absolute atomic E-state index is 13.0. The highest BCUT2D eigenvalue weighted by Gasteiger charge is 2.31. The van der Waals surface area contributed by atoms with Crippen LogP contribution >= 0.6 is 12.4 Å². The minimum atomic E-state index is -4.84. The van der Waals surface area contributed by atoms with Gasteiger partial charge in [-0.15, -0.1) is 25.6 Å². The van der Waals surface area contributed by atoms with Crippen LogP contribution in [0.4, 0.5) is 18.9 Å². The van der Waals surface area contributed by atoms with Crippen LogP contribution in [-0.2, 0) is 14.8 Å². The first-order valence-electron chi connectivity index (χ1n) is 13.0. The Morgan fingerprint density at radius 3 is 2.16 bits per heavy atom. The molecule has 10 nitrogen and oxygen atoms in total. The summed E-state index contributed by atoms with van der Waals surface area (Å²) in [5, 5.41) is 8.59. The summed E-state index contributed by atoms with van der Waals surface area (Å²) in [7, 11) is -4.12. The van der Waals surface area contributed by atoms with Gasteiger partial charge < -0.3 is 25.4 Å². The fourth-order valence-electron chi connectivity index (χ4n) is 4.13.